The average molecular weight is 1790 g/mol. The highest BCUT2D eigenvalue weighted by atomic mass is 16.6. The van der Waals surface area contributed by atoms with Crippen molar-refractivity contribution in [2.24, 2.45) is 35.5 Å². The number of oxazole rings is 1. The number of nitrogen functional groups attached to an aromatic ring is 2. The van der Waals surface area contributed by atoms with Gasteiger partial charge >= 0.3 is 11.9 Å². The van der Waals surface area contributed by atoms with Gasteiger partial charge in [-0.25, -0.2) is 24.7 Å². The Morgan fingerprint density at radius 1 is 0.664 bits per heavy atom. The number of allylic oxidation sites excluding steroid dienone is 6. The van der Waals surface area contributed by atoms with Crippen LogP contribution < -0.4 is 16.4 Å². The lowest BCUT2D eigenvalue weighted by Gasteiger charge is -2.42. The van der Waals surface area contributed by atoms with E-state index in [0.717, 1.165) is 5.57 Å². The van der Waals surface area contributed by atoms with Gasteiger partial charge in [0.15, 0.2) is 22.8 Å². The van der Waals surface area contributed by atoms with E-state index in [9.17, 15) is 43.8 Å². The predicted molar refractivity (Wildman–Crippen MR) is 472 cm³/mol. The summed E-state index contributed by atoms with van der Waals surface area (Å²) in [6.07, 6.45) is 13.9. The normalized spacial score (nSPS) is 27.1. The number of hydrogen-bond acceptors (Lipinski definition) is 33. The van der Waals surface area contributed by atoms with Crippen LogP contribution in [-0.2, 0) is 99.9 Å². The summed E-state index contributed by atoms with van der Waals surface area (Å²) in [5.74, 6) is -7.56. The molecule has 0 radical (unpaired) electrons. The second-order valence-electron chi connectivity index (χ2n) is 33.9. The molecule has 0 spiro atoms. The van der Waals surface area contributed by atoms with Crippen molar-refractivity contribution in [2.75, 3.05) is 176 Å². The molecule has 2 bridgehead atoms. The number of cyclic esters (lactones) is 1. The zero-order valence-corrected chi connectivity index (χ0v) is 76.0. The first kappa shape index (κ1) is 101. The average Bonchev–Trinajstić information content (AvgIpc) is 1.54. The largest absolute Gasteiger partial charge is 0.460 e. The summed E-state index contributed by atoms with van der Waals surface area (Å²) >= 11 is 0. The third-order valence-electron chi connectivity index (χ3n) is 24.5. The number of carbonyl (C=O) groups is 7. The molecule has 0 unspecified atom stereocenters. The molecule has 1 aromatic carbocycles. The number of amides is 2. The van der Waals surface area contributed by atoms with Gasteiger partial charge in [-0.3, -0.25) is 28.8 Å². The van der Waals surface area contributed by atoms with E-state index in [2.05, 4.69) is 29.8 Å². The Labute approximate surface area is 749 Å². The number of nitrogens with two attached hydrogens (primary N) is 2. The lowest BCUT2D eigenvalue weighted by Crippen LogP contribution is -2.61. The molecule has 3 saturated heterocycles. The van der Waals surface area contributed by atoms with Gasteiger partial charge in [-0.1, -0.05) is 71.1 Å². The molecule has 10 rings (SSSR count). The number of methoxy groups -OCH3 is 3. The number of benzene rings is 1. The highest BCUT2D eigenvalue weighted by Crippen LogP contribution is 2.40. The number of aromatic nitrogens is 7. The number of ether oxygens (including phenoxy) is 14. The van der Waals surface area contributed by atoms with Gasteiger partial charge in [0.25, 0.3) is 17.7 Å². The standard InChI is InChI=1S/C92H134N12O24/c1-59-17-12-11-13-18-60(2)74(114-8)54-68-24-21-65(7)92(113,128-68)86(110)89(111)103-28-15-14-19-70(103)90(112)126-75(55-71(105)61(3)50-64(6)84(109)85(116-10)83(108)63(5)49-59)62(4)51-66-22-25-73(76(52-66)115-9)125-80(107)20-16-33-117-35-37-119-39-41-121-43-45-123-47-48-124-46-44-122-42-40-120-38-36-118-34-27-79(106)102-31-29-101(30-32-102)77-56-78(96-57-95-77)104-88-81(87(93)97-58-98-88)82(100-104)67-23-26-72-69(53-67)99-91(94)127-72/h11-13,17-18,23,26,50,53,56-59,61-63,65-66,68,70,73-76,84-85,109,113H,14-16,19-22,24-25,27-49,51-52,54-55H2,1-10H3,(H2,94,99)(H2,93,97,98)/b13-11+,17-12+,60-18+,64-50+/t59-,61-,62-,63-,65-,66+,68+,70+,73-,74+,75+,76-,84-,85+,92-/m1/s1. The van der Waals surface area contributed by atoms with Gasteiger partial charge in [0.2, 0.25) is 11.7 Å². The summed E-state index contributed by atoms with van der Waals surface area (Å²) in [7, 11) is 4.51. The molecule has 4 fully saturated rings. The van der Waals surface area contributed by atoms with Gasteiger partial charge in [0.1, 0.15) is 71.7 Å². The minimum Gasteiger partial charge on any atom is -0.460 e. The van der Waals surface area contributed by atoms with Crippen molar-refractivity contribution in [3.8, 4) is 17.1 Å². The Kier molecular flexibility index (Phi) is 40.7. The highest BCUT2D eigenvalue weighted by molar-refractivity contribution is 6.39. The molecule has 2 amide bonds. The number of carbonyl (C=O) groups excluding carboxylic acids is 7. The maximum absolute atomic E-state index is 14.8. The minimum absolute atomic E-state index is 0.00622. The van der Waals surface area contributed by atoms with Crippen molar-refractivity contribution < 1.29 is 115 Å². The first-order valence-corrected chi connectivity index (χ1v) is 45.1. The summed E-state index contributed by atoms with van der Waals surface area (Å²) in [5, 5.41) is 29.2. The number of fused-ring (bicyclic) bond motifs is 5. The number of anilines is 3. The Hall–Kier alpha value is -8.99. The van der Waals surface area contributed by atoms with Crippen molar-refractivity contribution in [1.82, 2.24) is 44.5 Å². The molecule has 4 aromatic heterocycles. The Bertz CT molecular complexity index is 4510. The Morgan fingerprint density at radius 2 is 1.31 bits per heavy atom. The van der Waals surface area contributed by atoms with Gasteiger partial charge in [-0.05, 0) is 132 Å². The molecule has 1 aliphatic carbocycles. The highest BCUT2D eigenvalue weighted by Gasteiger charge is 2.53. The molecular weight excluding hydrogens is 1660 g/mol. The quantitative estimate of drug-likeness (QED) is 0.0125. The molecule has 36 heteroatoms. The molecule has 36 nitrogen and oxygen atoms in total. The Balaban J connectivity index is 0.550. The van der Waals surface area contributed by atoms with E-state index in [4.69, 9.17) is 87.3 Å². The summed E-state index contributed by atoms with van der Waals surface area (Å²) in [6.45, 7) is 20.7. The van der Waals surface area contributed by atoms with Crippen LogP contribution in [0.5, 0.6) is 0 Å². The number of nitrogens with zero attached hydrogens (tertiary/aromatic N) is 10. The molecule has 5 aliphatic rings. The smallest absolute Gasteiger partial charge is 0.329 e. The van der Waals surface area contributed by atoms with E-state index in [1.54, 1.807) is 58.7 Å². The molecule has 1 saturated carbocycles. The van der Waals surface area contributed by atoms with Crippen LogP contribution >= 0.6 is 0 Å². The van der Waals surface area contributed by atoms with Crippen LogP contribution in [0.25, 0.3) is 39.2 Å². The molecule has 15 atom stereocenters. The SMILES string of the molecule is CO[C@H]1C[C@@H]2CC[C@@H](C)[C@@](O)(O2)C(=O)C(=O)N2CCCC[C@H]2C(=O)O[C@H]([C@H](C)C[C@@H]2CC[C@@H](OC(=O)CCCOCCOCCOCCOCCOCCOCCOCCOCCC(=O)N3CCN(c4cc(-n5nc(-c6ccc7oc(N)nc7c6)c6c(N)ncnc65)ncn4)CC3)[C@H](OC)C2)CC(=O)[C@H](C)/C=C(\C)[C@@H](O)[C@@H](OC)C(=O)[C@H](C)C[C@H](C)/C=C/C=C/C=C/1C. The topological polar surface area (TPSA) is 446 Å². The zero-order valence-electron chi connectivity index (χ0n) is 76.0. The molecule has 128 heavy (non-hydrogen) atoms. The Morgan fingerprint density at radius 3 is 1.97 bits per heavy atom. The third kappa shape index (κ3) is 29.3. The van der Waals surface area contributed by atoms with Crippen LogP contribution in [0.15, 0.2) is 88.9 Å². The third-order valence-corrected chi connectivity index (χ3v) is 24.5. The fraction of sp³-hybridized carbons (Fsp3) is 0.663. The van der Waals surface area contributed by atoms with Crippen LogP contribution in [-0.4, -0.2) is 310 Å². The monoisotopic (exact) mass is 1790 g/mol. The van der Waals surface area contributed by atoms with Gasteiger partial charge in [-0.2, -0.15) is 14.8 Å². The maximum Gasteiger partial charge on any atom is 0.329 e. The van der Waals surface area contributed by atoms with Crippen molar-refractivity contribution in [3.63, 3.8) is 0 Å². The van der Waals surface area contributed by atoms with Crippen LogP contribution in [0.2, 0.25) is 0 Å². The summed E-state index contributed by atoms with van der Waals surface area (Å²) in [6, 6.07) is 6.10. The van der Waals surface area contributed by atoms with Crippen LogP contribution in [0.3, 0.4) is 0 Å². The molecule has 5 aromatic rings. The molecule has 8 heterocycles. The van der Waals surface area contributed by atoms with Gasteiger partial charge in [0, 0.05) is 109 Å². The van der Waals surface area contributed by atoms with E-state index in [1.807, 2.05) is 74.3 Å². The fourth-order valence-corrected chi connectivity index (χ4v) is 17.0. The van der Waals surface area contributed by atoms with E-state index < -0.39 is 95.9 Å². The van der Waals surface area contributed by atoms with E-state index in [0.29, 0.717) is 240 Å². The number of Topliss-reactive ketones (excluding diaryl/α,β-unsaturated/α-hetero) is 3. The number of rotatable bonds is 38. The van der Waals surface area contributed by atoms with Gasteiger partial charge in [-0.15, -0.1) is 0 Å². The summed E-state index contributed by atoms with van der Waals surface area (Å²) in [5.41, 5.74) is 16.2. The minimum atomic E-state index is -2.48. The lowest BCUT2D eigenvalue weighted by molar-refractivity contribution is -0.265. The van der Waals surface area contributed by atoms with Crippen LogP contribution in [0, 0.1) is 35.5 Å². The summed E-state index contributed by atoms with van der Waals surface area (Å²) in [4.78, 5) is 126. The van der Waals surface area contributed by atoms with E-state index >= 15 is 0 Å². The number of aliphatic hydroxyl groups excluding tert-OH is 1. The number of ketones is 3. The second-order valence-corrected chi connectivity index (χ2v) is 33.9. The summed E-state index contributed by atoms with van der Waals surface area (Å²) < 4.78 is 88.3. The number of hydrogen-bond donors (Lipinski definition) is 4. The number of aliphatic hydroxyl groups is 2. The van der Waals surface area contributed by atoms with Crippen molar-refractivity contribution in [2.45, 2.75) is 199 Å². The number of esters is 2. The number of piperidine rings is 1. The van der Waals surface area contributed by atoms with Crippen LogP contribution in [0.1, 0.15) is 145 Å². The van der Waals surface area contributed by atoms with E-state index in [-0.39, 0.29) is 92.4 Å². The molecule has 4 aliphatic heterocycles. The predicted octanol–water partition coefficient (Wildman–Crippen LogP) is 8.27. The first-order chi connectivity index (χ1) is 61.8. The van der Waals surface area contributed by atoms with Crippen molar-refractivity contribution in [3.05, 3.63) is 84.5 Å². The lowest BCUT2D eigenvalue weighted by atomic mass is 9.78. The molecule has 6 N–H and O–H groups in total. The van der Waals surface area contributed by atoms with E-state index in [1.165, 1.54) is 24.7 Å². The van der Waals surface area contributed by atoms with Gasteiger partial charge < -0.3 is 107 Å². The molecular formula is C92H134N12O24. The fourth-order valence-electron chi connectivity index (χ4n) is 17.0. The van der Waals surface area contributed by atoms with Crippen molar-refractivity contribution in [1.29, 1.82) is 0 Å². The van der Waals surface area contributed by atoms with Crippen molar-refractivity contribution >= 4 is 80.9 Å². The van der Waals surface area contributed by atoms with Crippen LogP contribution in [0.4, 0.5) is 17.7 Å². The van der Waals surface area contributed by atoms with Gasteiger partial charge in [0.05, 0.1) is 129 Å². The zero-order chi connectivity index (χ0) is 91.7. The number of piperazine rings is 1. The second kappa shape index (κ2) is 51.6. The molecule has 706 valence electrons. The maximum atomic E-state index is 14.8. The first-order valence-electron chi connectivity index (χ1n) is 45.1.